The van der Waals surface area contributed by atoms with Crippen molar-refractivity contribution in [3.8, 4) is 0 Å². The molecule has 0 radical (unpaired) electrons. The number of nitrogens with zero attached hydrogens (tertiary/aromatic N) is 3. The van der Waals surface area contributed by atoms with Gasteiger partial charge in [-0.2, -0.15) is 0 Å². The van der Waals surface area contributed by atoms with Crippen LogP contribution in [-0.4, -0.2) is 23.1 Å². The zero-order valence-electron chi connectivity index (χ0n) is 11.4. The van der Waals surface area contributed by atoms with Gasteiger partial charge in [0.15, 0.2) is 0 Å². The number of hydrogen-bond donors (Lipinski definition) is 2. The van der Waals surface area contributed by atoms with Crippen molar-refractivity contribution in [1.29, 1.82) is 0 Å². The van der Waals surface area contributed by atoms with Crippen molar-refractivity contribution in [2.45, 2.75) is 46.6 Å². The average Bonchev–Trinajstić information content (AvgIpc) is 2.30. The van der Waals surface area contributed by atoms with E-state index in [2.05, 4.69) is 41.1 Å². The van der Waals surface area contributed by atoms with E-state index >= 15 is 0 Å². The summed E-state index contributed by atoms with van der Waals surface area (Å²) in [5.74, 6) is 8.01. The molecule has 0 bridgehead atoms. The first kappa shape index (κ1) is 13.7. The minimum Gasteiger partial charge on any atom is -0.357 e. The second-order valence-electron chi connectivity index (χ2n) is 4.54. The van der Waals surface area contributed by atoms with Gasteiger partial charge in [0, 0.05) is 25.1 Å². The van der Waals surface area contributed by atoms with Crippen LogP contribution in [0.25, 0.3) is 0 Å². The van der Waals surface area contributed by atoms with Gasteiger partial charge in [0.25, 0.3) is 0 Å². The quantitative estimate of drug-likeness (QED) is 0.604. The molecule has 0 saturated heterocycles. The van der Waals surface area contributed by atoms with E-state index in [0.29, 0.717) is 11.9 Å². The molecule has 1 heterocycles. The lowest BCUT2D eigenvalue weighted by atomic mass is 10.2. The first-order chi connectivity index (χ1) is 8.01. The van der Waals surface area contributed by atoms with Crippen LogP contribution >= 0.6 is 0 Å². The molecule has 96 valence electrons. The monoisotopic (exact) mass is 237 g/mol. The second kappa shape index (κ2) is 5.82. The molecular formula is C12H23N5. The van der Waals surface area contributed by atoms with Crippen LogP contribution in [0.2, 0.25) is 0 Å². The molecule has 17 heavy (non-hydrogen) atoms. The van der Waals surface area contributed by atoms with Crippen LogP contribution in [0.15, 0.2) is 0 Å². The number of hydrazine groups is 1. The van der Waals surface area contributed by atoms with Gasteiger partial charge in [-0.15, -0.1) is 0 Å². The van der Waals surface area contributed by atoms with Gasteiger partial charge in [0.1, 0.15) is 17.5 Å². The van der Waals surface area contributed by atoms with Gasteiger partial charge in [-0.05, 0) is 27.2 Å². The lowest BCUT2D eigenvalue weighted by Gasteiger charge is -2.25. The molecule has 0 saturated carbocycles. The number of nitrogens with one attached hydrogen (secondary N) is 1. The molecule has 0 aliphatic rings. The number of nitrogens with two attached hydrogens (primary N) is 1. The summed E-state index contributed by atoms with van der Waals surface area (Å²) in [6, 6.07) is 0.392. The molecule has 3 N–H and O–H groups in total. The Bertz CT molecular complexity index is 375. The molecule has 0 unspecified atom stereocenters. The third-order valence-electron chi connectivity index (χ3n) is 2.89. The molecule has 0 amide bonds. The minimum atomic E-state index is 0.392. The summed E-state index contributed by atoms with van der Waals surface area (Å²) in [5.41, 5.74) is 3.64. The number of hydrogen-bond acceptors (Lipinski definition) is 5. The maximum Gasteiger partial charge on any atom is 0.148 e. The molecule has 0 aliphatic carbocycles. The Morgan fingerprint density at radius 1 is 1.35 bits per heavy atom. The molecule has 1 aromatic heterocycles. The Hall–Kier alpha value is -1.36. The summed E-state index contributed by atoms with van der Waals surface area (Å²) in [6.07, 6.45) is 1.89. The molecule has 1 aromatic rings. The predicted molar refractivity (Wildman–Crippen MR) is 72.1 cm³/mol. The second-order valence-corrected chi connectivity index (χ2v) is 4.54. The topological polar surface area (TPSA) is 67.1 Å². The van der Waals surface area contributed by atoms with E-state index in [-0.39, 0.29) is 0 Å². The lowest BCUT2D eigenvalue weighted by molar-refractivity contribution is 0.727. The summed E-state index contributed by atoms with van der Waals surface area (Å²) in [5, 5.41) is 0. The largest absolute Gasteiger partial charge is 0.357 e. The van der Waals surface area contributed by atoms with E-state index in [1.807, 2.05) is 14.0 Å². The first-order valence-corrected chi connectivity index (χ1v) is 6.08. The molecule has 0 aliphatic heterocycles. The Labute approximate surface area is 103 Å². The molecule has 0 fully saturated rings. The summed E-state index contributed by atoms with van der Waals surface area (Å²) in [6.45, 7) is 8.37. The fourth-order valence-corrected chi connectivity index (χ4v) is 1.61. The van der Waals surface area contributed by atoms with Crippen LogP contribution < -0.4 is 16.2 Å². The highest BCUT2D eigenvalue weighted by Gasteiger charge is 2.15. The summed E-state index contributed by atoms with van der Waals surface area (Å²) in [4.78, 5) is 11.2. The van der Waals surface area contributed by atoms with E-state index in [1.165, 1.54) is 0 Å². The van der Waals surface area contributed by atoms with Crippen molar-refractivity contribution >= 4 is 11.6 Å². The molecule has 0 spiro atoms. The zero-order chi connectivity index (χ0) is 13.0. The Kier molecular flexibility index (Phi) is 4.69. The molecule has 0 atom stereocenters. The van der Waals surface area contributed by atoms with Gasteiger partial charge in [-0.3, -0.25) is 0 Å². The van der Waals surface area contributed by atoms with E-state index in [9.17, 15) is 0 Å². The summed E-state index contributed by atoms with van der Waals surface area (Å²) >= 11 is 0. The van der Waals surface area contributed by atoms with E-state index in [1.54, 1.807) is 0 Å². The lowest BCUT2D eigenvalue weighted by Crippen LogP contribution is -2.28. The Morgan fingerprint density at radius 2 is 2.00 bits per heavy atom. The van der Waals surface area contributed by atoms with Crippen LogP contribution in [0.4, 0.5) is 11.6 Å². The highest BCUT2D eigenvalue weighted by atomic mass is 15.3. The van der Waals surface area contributed by atoms with Crippen LogP contribution in [-0.2, 0) is 6.42 Å². The van der Waals surface area contributed by atoms with Gasteiger partial charge >= 0.3 is 0 Å². The van der Waals surface area contributed by atoms with E-state index < -0.39 is 0 Å². The van der Waals surface area contributed by atoms with Crippen LogP contribution in [0, 0.1) is 6.92 Å². The summed E-state index contributed by atoms with van der Waals surface area (Å²) in [7, 11) is 2.04. The molecular weight excluding hydrogens is 214 g/mol. The van der Waals surface area contributed by atoms with Gasteiger partial charge in [-0.1, -0.05) is 6.92 Å². The number of rotatable bonds is 5. The smallest absolute Gasteiger partial charge is 0.148 e. The standard InChI is InChI=1S/C12H23N5/c1-6-7-10-14-11(16-13)9(4)12(15-10)17(5)8(2)3/h8H,6-7,13H2,1-5H3,(H,14,15,16). The van der Waals surface area contributed by atoms with Crippen LogP contribution in [0.3, 0.4) is 0 Å². The Morgan fingerprint density at radius 3 is 2.47 bits per heavy atom. The molecule has 1 rings (SSSR count). The molecule has 5 nitrogen and oxygen atoms in total. The van der Waals surface area contributed by atoms with E-state index in [4.69, 9.17) is 5.84 Å². The van der Waals surface area contributed by atoms with Crippen molar-refractivity contribution in [1.82, 2.24) is 9.97 Å². The fraction of sp³-hybridized carbons (Fsp3) is 0.667. The van der Waals surface area contributed by atoms with Crippen molar-refractivity contribution in [3.63, 3.8) is 0 Å². The SMILES string of the molecule is CCCc1nc(NN)c(C)c(N(C)C(C)C)n1. The Balaban J connectivity index is 3.22. The van der Waals surface area contributed by atoms with Crippen LogP contribution in [0.5, 0.6) is 0 Å². The highest BCUT2D eigenvalue weighted by molar-refractivity contribution is 5.58. The average molecular weight is 237 g/mol. The number of aryl methyl sites for hydroxylation is 1. The van der Waals surface area contributed by atoms with Gasteiger partial charge in [0.05, 0.1) is 0 Å². The number of anilines is 2. The maximum absolute atomic E-state index is 5.50. The highest BCUT2D eigenvalue weighted by Crippen LogP contribution is 2.23. The normalized spacial score (nSPS) is 10.8. The minimum absolute atomic E-state index is 0.392. The van der Waals surface area contributed by atoms with Gasteiger partial charge in [0.2, 0.25) is 0 Å². The molecule has 0 aromatic carbocycles. The van der Waals surface area contributed by atoms with Crippen molar-refractivity contribution < 1.29 is 0 Å². The van der Waals surface area contributed by atoms with Gasteiger partial charge < -0.3 is 10.3 Å². The predicted octanol–water partition coefficient (Wildman–Crippen LogP) is 1.87. The van der Waals surface area contributed by atoms with Crippen molar-refractivity contribution in [3.05, 3.63) is 11.4 Å². The van der Waals surface area contributed by atoms with Crippen LogP contribution in [0.1, 0.15) is 38.6 Å². The van der Waals surface area contributed by atoms with Crippen molar-refractivity contribution in [2.75, 3.05) is 17.4 Å². The number of aromatic nitrogens is 2. The van der Waals surface area contributed by atoms with E-state index in [0.717, 1.165) is 30.0 Å². The third kappa shape index (κ3) is 3.06. The molecule has 5 heteroatoms. The van der Waals surface area contributed by atoms with Gasteiger partial charge in [-0.25, -0.2) is 15.8 Å². The third-order valence-corrected chi connectivity index (χ3v) is 2.89. The first-order valence-electron chi connectivity index (χ1n) is 6.08. The number of nitrogen functional groups attached to an aromatic ring is 1. The fourth-order valence-electron chi connectivity index (χ4n) is 1.61. The van der Waals surface area contributed by atoms with Crippen molar-refractivity contribution in [2.24, 2.45) is 5.84 Å². The maximum atomic E-state index is 5.50. The summed E-state index contributed by atoms with van der Waals surface area (Å²) < 4.78 is 0. The zero-order valence-corrected chi connectivity index (χ0v) is 11.4.